The van der Waals surface area contributed by atoms with Crippen molar-refractivity contribution >= 4 is 72.4 Å². The van der Waals surface area contributed by atoms with Gasteiger partial charge in [0, 0.05) is 27.1 Å². The number of para-hydroxylation sites is 4. The molecule has 0 N–H and O–H groups in total. The van der Waals surface area contributed by atoms with Crippen molar-refractivity contribution in [3.63, 3.8) is 0 Å². The van der Waals surface area contributed by atoms with Crippen LogP contribution in [0.1, 0.15) is 0 Å². The van der Waals surface area contributed by atoms with E-state index in [4.69, 9.17) is 0 Å². The summed E-state index contributed by atoms with van der Waals surface area (Å²) in [6.45, 7) is 0. The molecule has 2 nitrogen and oxygen atoms in total. The van der Waals surface area contributed by atoms with Crippen LogP contribution in [0.5, 0.6) is 0 Å². The van der Waals surface area contributed by atoms with E-state index in [1.807, 2.05) is 0 Å². The van der Waals surface area contributed by atoms with Gasteiger partial charge in [0.05, 0.1) is 33.4 Å². The smallest absolute Gasteiger partial charge is 0.179 e. The quantitative estimate of drug-likeness (QED) is 0.107. The third-order valence-corrected chi connectivity index (χ3v) is 17.9. The van der Waals surface area contributed by atoms with E-state index in [1.165, 1.54) is 86.6 Å². The van der Waals surface area contributed by atoms with Crippen LogP contribution in [0.4, 0.5) is 0 Å². The molecule has 0 bridgehead atoms. The van der Waals surface area contributed by atoms with Crippen LogP contribution < -0.4 is 20.7 Å². The Kier molecular flexibility index (Phi) is 8.87. The van der Waals surface area contributed by atoms with E-state index in [9.17, 15) is 0 Å². The molecule has 0 saturated carbocycles. The molecule has 12 aromatic rings. The highest BCUT2D eigenvalue weighted by Crippen LogP contribution is 2.41. The van der Waals surface area contributed by atoms with E-state index in [0.717, 1.165) is 11.4 Å². The summed E-state index contributed by atoms with van der Waals surface area (Å²) in [5.74, 6) is 0. The van der Waals surface area contributed by atoms with Gasteiger partial charge in [0.1, 0.15) is 0 Å². The summed E-state index contributed by atoms with van der Waals surface area (Å²) in [6.07, 6.45) is 0. The van der Waals surface area contributed by atoms with Crippen LogP contribution in [0.25, 0.3) is 77.2 Å². The molecule has 0 unspecified atom stereocenters. The Balaban J connectivity index is 1.12. The van der Waals surface area contributed by atoms with Crippen LogP contribution in [0.2, 0.25) is 0 Å². The van der Waals surface area contributed by atoms with Gasteiger partial charge in [0.25, 0.3) is 0 Å². The lowest BCUT2D eigenvalue weighted by Crippen LogP contribution is -2.74. The molecule has 63 heavy (non-hydrogen) atoms. The minimum Gasteiger partial charge on any atom is -0.307 e. The number of hydrogen-bond donors (Lipinski definition) is 0. The van der Waals surface area contributed by atoms with Gasteiger partial charge >= 0.3 is 0 Å². The summed E-state index contributed by atoms with van der Waals surface area (Å²) in [7, 11) is -2.77. The molecule has 3 heteroatoms. The van der Waals surface area contributed by atoms with E-state index < -0.39 is 8.07 Å². The Labute approximate surface area is 368 Å². The minimum absolute atomic E-state index is 1.15. The lowest BCUT2D eigenvalue weighted by Gasteiger charge is -2.34. The first-order valence-electron chi connectivity index (χ1n) is 21.8. The molecule has 0 spiro atoms. The zero-order valence-corrected chi connectivity index (χ0v) is 35.6. The fourth-order valence-electron chi connectivity index (χ4n) is 10.3. The SMILES string of the molecule is c1ccc(-c2ccc(-c3ccccc3-n3c4ccccc4c4cccc(-n5c6ccccc6c6cc([Si](c7ccccc7)(c7ccccc7)c7ccccc7)ccc65)c43)cc2)cc1. The molecule has 296 valence electrons. The number of hydrogen-bond acceptors (Lipinski definition) is 0. The molecule has 0 aliphatic heterocycles. The number of benzene rings is 10. The monoisotopic (exact) mass is 818 g/mol. The molecule has 12 rings (SSSR count). The van der Waals surface area contributed by atoms with Crippen LogP contribution in [0, 0.1) is 0 Å². The first kappa shape index (κ1) is 36.8. The topological polar surface area (TPSA) is 9.86 Å². The molecule has 0 radical (unpaired) electrons. The number of rotatable bonds is 8. The first-order valence-corrected chi connectivity index (χ1v) is 23.8. The molecule has 0 aliphatic carbocycles. The third kappa shape index (κ3) is 5.85. The molecule has 0 atom stereocenters. The minimum atomic E-state index is -2.77. The molecular formula is C60H42N2Si. The lowest BCUT2D eigenvalue weighted by molar-refractivity contribution is 1.13. The van der Waals surface area contributed by atoms with Crippen molar-refractivity contribution in [2.24, 2.45) is 0 Å². The lowest BCUT2D eigenvalue weighted by atomic mass is 9.99. The Morgan fingerprint density at radius 3 is 1.33 bits per heavy atom. The van der Waals surface area contributed by atoms with Crippen molar-refractivity contribution in [1.29, 1.82) is 0 Å². The van der Waals surface area contributed by atoms with Crippen molar-refractivity contribution in [3.8, 4) is 33.6 Å². The Morgan fingerprint density at radius 2 is 0.698 bits per heavy atom. The fraction of sp³-hybridized carbons (Fsp3) is 0. The number of aromatic nitrogens is 2. The highest BCUT2D eigenvalue weighted by molar-refractivity contribution is 7.20. The zero-order valence-electron chi connectivity index (χ0n) is 34.6. The van der Waals surface area contributed by atoms with Crippen LogP contribution in [0.3, 0.4) is 0 Å². The second kappa shape index (κ2) is 15.2. The van der Waals surface area contributed by atoms with Gasteiger partial charge in [0.15, 0.2) is 8.07 Å². The summed E-state index contributed by atoms with van der Waals surface area (Å²) in [5, 5.41) is 10.4. The van der Waals surface area contributed by atoms with Gasteiger partial charge in [-0.05, 0) is 67.8 Å². The molecule has 2 heterocycles. The summed E-state index contributed by atoms with van der Waals surface area (Å²) >= 11 is 0. The molecule has 0 aliphatic rings. The predicted molar refractivity (Wildman–Crippen MR) is 270 cm³/mol. The highest BCUT2D eigenvalue weighted by Gasteiger charge is 2.41. The van der Waals surface area contributed by atoms with Crippen molar-refractivity contribution < 1.29 is 0 Å². The maximum atomic E-state index is 2.53. The molecule has 10 aromatic carbocycles. The second-order valence-electron chi connectivity index (χ2n) is 16.4. The molecular weight excluding hydrogens is 777 g/mol. The second-order valence-corrected chi connectivity index (χ2v) is 20.2. The normalized spacial score (nSPS) is 11.8. The summed E-state index contributed by atoms with van der Waals surface area (Å²) < 4.78 is 5.02. The van der Waals surface area contributed by atoms with Crippen LogP contribution in [0.15, 0.2) is 255 Å². The van der Waals surface area contributed by atoms with E-state index in [1.54, 1.807) is 0 Å². The fourth-order valence-corrected chi connectivity index (χ4v) is 15.1. The molecule has 0 saturated heterocycles. The maximum absolute atomic E-state index is 2.77. The molecule has 0 fully saturated rings. The van der Waals surface area contributed by atoms with Crippen molar-refractivity contribution in [2.45, 2.75) is 0 Å². The highest BCUT2D eigenvalue weighted by atomic mass is 28.3. The average molecular weight is 819 g/mol. The van der Waals surface area contributed by atoms with E-state index in [-0.39, 0.29) is 0 Å². The van der Waals surface area contributed by atoms with Crippen molar-refractivity contribution in [3.05, 3.63) is 255 Å². The molecule has 0 amide bonds. The van der Waals surface area contributed by atoms with Crippen LogP contribution >= 0.6 is 0 Å². The third-order valence-electron chi connectivity index (χ3n) is 13.1. The number of fused-ring (bicyclic) bond motifs is 6. The summed E-state index contributed by atoms with van der Waals surface area (Å²) in [4.78, 5) is 0. The van der Waals surface area contributed by atoms with Gasteiger partial charge in [-0.15, -0.1) is 0 Å². The van der Waals surface area contributed by atoms with Gasteiger partial charge in [0.2, 0.25) is 0 Å². The van der Waals surface area contributed by atoms with Gasteiger partial charge in [-0.3, -0.25) is 0 Å². The standard InChI is InChI=1S/C60H42N2Si/c1-5-20-43(21-6-1)44-36-38-45(39-37-44)50-28-13-16-32-55(50)62-57-34-18-14-29-51(57)53-31-19-35-59(60(53)62)61-56-33-17-15-30-52(56)54-42-49(40-41-58(54)61)63(46-22-7-2-8-23-46,47-24-9-3-10-25-47)48-26-11-4-12-27-48/h1-42H. The largest absolute Gasteiger partial charge is 0.307 e. The van der Waals surface area contributed by atoms with Gasteiger partial charge in [-0.25, -0.2) is 0 Å². The van der Waals surface area contributed by atoms with E-state index in [2.05, 4.69) is 264 Å². The van der Waals surface area contributed by atoms with Gasteiger partial charge in [-0.1, -0.05) is 224 Å². The average Bonchev–Trinajstić information content (AvgIpc) is 3.88. The van der Waals surface area contributed by atoms with E-state index in [0.29, 0.717) is 0 Å². The first-order chi connectivity index (χ1) is 31.3. The molecule has 2 aromatic heterocycles. The number of nitrogens with zero attached hydrogens (tertiary/aromatic N) is 2. The Hall–Kier alpha value is -7.98. The predicted octanol–water partition coefficient (Wildman–Crippen LogP) is 12.6. The summed E-state index contributed by atoms with van der Waals surface area (Å²) in [6, 6.07) is 94.2. The Morgan fingerprint density at radius 1 is 0.254 bits per heavy atom. The van der Waals surface area contributed by atoms with E-state index >= 15 is 0 Å². The maximum Gasteiger partial charge on any atom is 0.179 e. The van der Waals surface area contributed by atoms with Crippen molar-refractivity contribution in [1.82, 2.24) is 9.13 Å². The van der Waals surface area contributed by atoms with Crippen LogP contribution in [-0.2, 0) is 0 Å². The Bertz CT molecular complexity index is 3490. The van der Waals surface area contributed by atoms with Gasteiger partial charge in [-0.2, -0.15) is 0 Å². The zero-order chi connectivity index (χ0) is 41.7. The van der Waals surface area contributed by atoms with Gasteiger partial charge < -0.3 is 9.13 Å². The van der Waals surface area contributed by atoms with Crippen LogP contribution in [-0.4, -0.2) is 17.2 Å². The summed E-state index contributed by atoms with van der Waals surface area (Å²) in [5.41, 5.74) is 11.8. The van der Waals surface area contributed by atoms with Crippen molar-refractivity contribution in [2.75, 3.05) is 0 Å².